The molecule has 5 rings (SSSR count). The number of aromatic nitrogens is 6. The van der Waals surface area contributed by atoms with E-state index < -0.39 is 42.0 Å². The van der Waals surface area contributed by atoms with E-state index in [-0.39, 0.29) is 24.4 Å². The van der Waals surface area contributed by atoms with E-state index in [1.165, 1.54) is 17.3 Å². The number of H-pyrrole nitrogens is 1. The molecule has 0 bridgehead atoms. The second kappa shape index (κ2) is 9.08. The van der Waals surface area contributed by atoms with Gasteiger partial charge in [-0.3, -0.25) is 0 Å². The minimum absolute atomic E-state index is 0.0749. The van der Waals surface area contributed by atoms with E-state index in [0.717, 1.165) is 18.1 Å². The molecule has 1 unspecified atom stereocenters. The number of nitrogens with one attached hydrogen (secondary N) is 1. The summed E-state index contributed by atoms with van der Waals surface area (Å²) in [6, 6.07) is 3.97. The third-order valence-corrected chi connectivity index (χ3v) is 6.07. The van der Waals surface area contributed by atoms with Crippen LogP contribution in [0, 0.1) is 0 Å². The Bertz CT molecular complexity index is 1510. The molecule has 1 atom stereocenters. The molecule has 9 nitrogen and oxygen atoms in total. The van der Waals surface area contributed by atoms with Gasteiger partial charge < -0.3 is 14.6 Å². The molecular formula is C22H14ClF6N7O2. The number of nitrogens with zero attached hydrogens (tertiary/aromatic N) is 6. The Morgan fingerprint density at radius 2 is 1.68 bits per heavy atom. The van der Waals surface area contributed by atoms with Crippen molar-refractivity contribution in [1.29, 1.82) is 0 Å². The molecule has 1 aliphatic heterocycles. The van der Waals surface area contributed by atoms with Gasteiger partial charge in [-0.15, -0.1) is 0 Å². The zero-order valence-electron chi connectivity index (χ0n) is 19.0. The van der Waals surface area contributed by atoms with Crippen molar-refractivity contribution in [2.24, 2.45) is 0 Å². The van der Waals surface area contributed by atoms with Crippen LogP contribution < -0.4 is 4.90 Å². The molecule has 16 heteroatoms. The highest BCUT2D eigenvalue weighted by Crippen LogP contribution is 2.41. The van der Waals surface area contributed by atoms with Crippen LogP contribution in [0.25, 0.3) is 10.9 Å². The van der Waals surface area contributed by atoms with Crippen LogP contribution in [0.15, 0.2) is 30.6 Å². The van der Waals surface area contributed by atoms with E-state index in [2.05, 4.69) is 34.6 Å². The number of halogens is 7. The number of esters is 1. The van der Waals surface area contributed by atoms with Gasteiger partial charge in [-0.1, -0.05) is 11.6 Å². The van der Waals surface area contributed by atoms with Crippen LogP contribution >= 0.6 is 11.6 Å². The summed E-state index contributed by atoms with van der Waals surface area (Å²) in [4.78, 5) is 33.3. The highest BCUT2D eigenvalue weighted by atomic mass is 35.5. The summed E-state index contributed by atoms with van der Waals surface area (Å²) in [7, 11) is 1.13. The summed E-state index contributed by atoms with van der Waals surface area (Å²) in [5.41, 5.74) is 2.05. The molecule has 1 aromatic carbocycles. The van der Waals surface area contributed by atoms with Crippen molar-refractivity contribution in [2.75, 3.05) is 18.6 Å². The lowest BCUT2D eigenvalue weighted by Gasteiger charge is -2.36. The lowest BCUT2D eigenvalue weighted by molar-refractivity contribution is -0.155. The van der Waals surface area contributed by atoms with Gasteiger partial charge in [-0.2, -0.15) is 36.3 Å². The quantitative estimate of drug-likeness (QED) is 0.283. The zero-order chi connectivity index (χ0) is 27.4. The SMILES string of the molecule is COC(=O)c1ncc(C2c3[nH]c4ccc(Cl)cc4c3CCN2c2nc(C(F)(F)F)nc(C(F)(F)F)n2)cn1. The highest BCUT2D eigenvalue weighted by molar-refractivity contribution is 6.31. The monoisotopic (exact) mass is 557 g/mol. The van der Waals surface area contributed by atoms with Gasteiger partial charge in [0.2, 0.25) is 23.4 Å². The fourth-order valence-corrected chi connectivity index (χ4v) is 4.42. The molecule has 4 aromatic rings. The molecule has 0 fully saturated rings. The van der Waals surface area contributed by atoms with Crippen LogP contribution in [0.5, 0.6) is 0 Å². The number of hydrogen-bond donors (Lipinski definition) is 1. The molecule has 3 aromatic heterocycles. The van der Waals surface area contributed by atoms with Crippen molar-refractivity contribution in [1.82, 2.24) is 29.9 Å². The summed E-state index contributed by atoms with van der Waals surface area (Å²) in [5, 5.41) is 1.16. The molecule has 0 radical (unpaired) electrons. The zero-order valence-corrected chi connectivity index (χ0v) is 19.8. The maximum absolute atomic E-state index is 13.5. The minimum atomic E-state index is -5.27. The maximum Gasteiger partial charge on any atom is 0.451 e. The van der Waals surface area contributed by atoms with Gasteiger partial charge in [-0.05, 0) is 30.2 Å². The number of hydrogen-bond acceptors (Lipinski definition) is 8. The van der Waals surface area contributed by atoms with E-state index in [4.69, 9.17) is 11.6 Å². The first kappa shape index (κ1) is 25.6. The number of ether oxygens (including phenoxy) is 1. The first-order valence-corrected chi connectivity index (χ1v) is 11.1. The van der Waals surface area contributed by atoms with Gasteiger partial charge in [0.1, 0.15) is 6.04 Å². The average Bonchev–Trinajstić information content (AvgIpc) is 3.24. The van der Waals surface area contributed by atoms with Crippen molar-refractivity contribution in [2.45, 2.75) is 24.8 Å². The molecule has 0 amide bonds. The molecular weight excluding hydrogens is 544 g/mol. The summed E-state index contributed by atoms with van der Waals surface area (Å²) in [5.74, 6) is -5.94. The number of rotatable bonds is 3. The fraction of sp³-hybridized carbons (Fsp3) is 0.273. The Morgan fingerprint density at radius 1 is 1.05 bits per heavy atom. The molecule has 0 aliphatic carbocycles. The van der Waals surface area contributed by atoms with E-state index in [9.17, 15) is 31.1 Å². The van der Waals surface area contributed by atoms with Gasteiger partial charge in [0.05, 0.1) is 7.11 Å². The lowest BCUT2D eigenvalue weighted by atomic mass is 9.94. The van der Waals surface area contributed by atoms with Crippen LogP contribution in [0.4, 0.5) is 32.3 Å². The van der Waals surface area contributed by atoms with E-state index in [1.807, 2.05) is 0 Å². The summed E-state index contributed by atoms with van der Waals surface area (Å²) >= 11 is 6.15. The maximum atomic E-state index is 13.5. The predicted molar refractivity (Wildman–Crippen MR) is 119 cm³/mol. The summed E-state index contributed by atoms with van der Waals surface area (Å²) in [6.07, 6.45) is -7.88. The summed E-state index contributed by atoms with van der Waals surface area (Å²) < 4.78 is 85.4. The molecule has 1 N–H and O–H groups in total. The van der Waals surface area contributed by atoms with Crippen LogP contribution in [0.3, 0.4) is 0 Å². The van der Waals surface area contributed by atoms with Gasteiger partial charge in [-0.25, -0.2) is 19.7 Å². The standard InChI is InChI=1S/C22H14ClF6N7O2/c1-38-17(37)16-30-7-9(8-31-16)15-14-11(12-6-10(23)2-3-13(12)32-14)4-5-36(15)20-34-18(21(24,25)26)33-19(35-20)22(27,28)29/h2-3,6-8,15,32H,4-5H2,1H3. The van der Waals surface area contributed by atoms with Gasteiger partial charge >= 0.3 is 18.3 Å². The number of fused-ring (bicyclic) bond motifs is 3. The van der Waals surface area contributed by atoms with Crippen molar-refractivity contribution in [3.63, 3.8) is 0 Å². The number of carbonyl (C=O) groups excluding carboxylic acids is 1. The van der Waals surface area contributed by atoms with E-state index in [0.29, 0.717) is 16.2 Å². The van der Waals surface area contributed by atoms with Gasteiger partial charge in [0.15, 0.2) is 0 Å². The minimum Gasteiger partial charge on any atom is -0.463 e. The van der Waals surface area contributed by atoms with E-state index >= 15 is 0 Å². The Balaban J connectivity index is 1.72. The molecule has 4 heterocycles. The first-order chi connectivity index (χ1) is 17.9. The molecule has 38 heavy (non-hydrogen) atoms. The molecule has 0 saturated carbocycles. The summed E-state index contributed by atoms with van der Waals surface area (Å²) in [6.45, 7) is -0.0749. The Hall–Kier alpha value is -4.01. The molecule has 0 saturated heterocycles. The van der Waals surface area contributed by atoms with Crippen molar-refractivity contribution in [3.05, 3.63) is 69.9 Å². The molecule has 0 spiro atoms. The highest BCUT2D eigenvalue weighted by Gasteiger charge is 2.43. The van der Waals surface area contributed by atoms with Crippen LogP contribution in [-0.2, 0) is 23.5 Å². The number of anilines is 1. The normalized spacial score (nSPS) is 16.0. The molecule has 1 aliphatic rings. The number of carbonyl (C=O) groups is 1. The third kappa shape index (κ3) is 4.57. The predicted octanol–water partition coefficient (Wildman–Crippen LogP) is 4.77. The van der Waals surface area contributed by atoms with Crippen LogP contribution in [0.1, 0.15) is 45.1 Å². The molecule has 198 valence electrons. The second-order valence-electron chi connectivity index (χ2n) is 8.16. The smallest absolute Gasteiger partial charge is 0.451 e. The van der Waals surface area contributed by atoms with Crippen LogP contribution in [0.2, 0.25) is 5.02 Å². The van der Waals surface area contributed by atoms with Crippen molar-refractivity contribution in [3.8, 4) is 0 Å². The largest absolute Gasteiger partial charge is 0.463 e. The Morgan fingerprint density at radius 3 is 2.26 bits per heavy atom. The van der Waals surface area contributed by atoms with Crippen molar-refractivity contribution >= 4 is 34.4 Å². The number of methoxy groups -OCH3 is 1. The topological polar surface area (TPSA) is 110 Å². The van der Waals surface area contributed by atoms with Crippen molar-refractivity contribution < 1.29 is 35.9 Å². The van der Waals surface area contributed by atoms with Gasteiger partial charge in [0.25, 0.3) is 0 Å². The van der Waals surface area contributed by atoms with E-state index in [1.54, 1.807) is 18.2 Å². The third-order valence-electron chi connectivity index (χ3n) is 5.83. The number of benzene rings is 1. The number of alkyl halides is 6. The lowest BCUT2D eigenvalue weighted by Crippen LogP contribution is -2.38. The van der Waals surface area contributed by atoms with Gasteiger partial charge in [0, 0.05) is 46.1 Å². The first-order valence-electron chi connectivity index (χ1n) is 10.7. The number of aromatic amines is 1. The fourth-order valence-electron chi connectivity index (χ4n) is 4.25. The second-order valence-corrected chi connectivity index (χ2v) is 8.60. The van der Waals surface area contributed by atoms with Crippen LogP contribution in [-0.4, -0.2) is 49.5 Å². The Labute approximate surface area is 213 Å². The average molecular weight is 558 g/mol. The Kier molecular flexibility index (Phi) is 6.12.